The molecule has 1 saturated heterocycles. The van der Waals surface area contributed by atoms with E-state index in [-0.39, 0.29) is 36.1 Å². The summed E-state index contributed by atoms with van der Waals surface area (Å²) in [5, 5.41) is 27.2. The molecule has 26 heavy (non-hydrogen) atoms. The number of aliphatic carboxylic acids is 1. The van der Waals surface area contributed by atoms with Gasteiger partial charge in [-0.05, 0) is 69.2 Å². The Morgan fingerprint density at radius 1 is 1.15 bits per heavy atom. The Balaban J connectivity index is 0.00000243. The lowest BCUT2D eigenvalue weighted by Crippen LogP contribution is -2.39. The molecule has 0 unspecified atom stereocenters. The van der Waals surface area contributed by atoms with Gasteiger partial charge in [0.05, 0.1) is 12.5 Å². The number of amides is 1. The molecular formula is C16H27ClN6O3. The highest BCUT2D eigenvalue weighted by molar-refractivity contribution is 5.90. The second-order valence-electron chi connectivity index (χ2n) is 7.05. The van der Waals surface area contributed by atoms with Gasteiger partial charge < -0.3 is 15.7 Å². The molecule has 1 aromatic heterocycles. The standard InChI is InChI=1S/C16H26N6O3.ClH/c23-15(18-13-3-1-12(2-4-13)16(24)25)14-19-21-22(20-14)10-7-11-5-8-17-9-6-11;/h11-13,17H,1-10H2,(H,18,23)(H,24,25);1H/t12-,13-;. The molecule has 3 N–H and O–H groups in total. The summed E-state index contributed by atoms with van der Waals surface area (Å²) in [5.74, 6) is -0.600. The third-order valence-corrected chi connectivity index (χ3v) is 5.26. The molecule has 1 amide bonds. The summed E-state index contributed by atoms with van der Waals surface area (Å²) in [4.78, 5) is 24.7. The largest absolute Gasteiger partial charge is 0.481 e. The minimum absolute atomic E-state index is 0. The number of hydrogen-bond donors (Lipinski definition) is 3. The predicted molar refractivity (Wildman–Crippen MR) is 96.1 cm³/mol. The van der Waals surface area contributed by atoms with Crippen LogP contribution in [0, 0.1) is 11.8 Å². The van der Waals surface area contributed by atoms with E-state index in [0.717, 1.165) is 19.5 Å². The number of halogens is 1. The minimum Gasteiger partial charge on any atom is -0.481 e. The number of nitrogens with zero attached hydrogens (tertiary/aromatic N) is 4. The average Bonchev–Trinajstić information content (AvgIpc) is 3.10. The third-order valence-electron chi connectivity index (χ3n) is 5.26. The van der Waals surface area contributed by atoms with Gasteiger partial charge in [0.2, 0.25) is 0 Å². The fourth-order valence-electron chi connectivity index (χ4n) is 3.63. The van der Waals surface area contributed by atoms with Crippen molar-refractivity contribution >= 4 is 24.3 Å². The van der Waals surface area contributed by atoms with Crippen LogP contribution in [-0.2, 0) is 11.3 Å². The Kier molecular flexibility index (Phi) is 7.77. The van der Waals surface area contributed by atoms with Crippen molar-refractivity contribution < 1.29 is 14.7 Å². The topological polar surface area (TPSA) is 122 Å². The quantitative estimate of drug-likeness (QED) is 0.662. The SMILES string of the molecule is Cl.O=C(N[C@H]1CC[C@H](C(=O)O)CC1)c1nnn(CCC2CCNCC2)n1. The highest BCUT2D eigenvalue weighted by Gasteiger charge is 2.27. The number of carboxylic acid groups (broad SMARTS) is 1. The number of rotatable bonds is 6. The summed E-state index contributed by atoms with van der Waals surface area (Å²) in [6.07, 6.45) is 5.87. The summed E-state index contributed by atoms with van der Waals surface area (Å²) >= 11 is 0. The third kappa shape index (κ3) is 5.63. The molecule has 1 aliphatic heterocycles. The molecule has 9 nitrogen and oxygen atoms in total. The number of tetrazole rings is 1. The van der Waals surface area contributed by atoms with E-state index in [4.69, 9.17) is 5.11 Å². The lowest BCUT2D eigenvalue weighted by molar-refractivity contribution is -0.142. The molecule has 0 radical (unpaired) electrons. The van der Waals surface area contributed by atoms with Gasteiger partial charge in [-0.25, -0.2) is 0 Å². The maximum absolute atomic E-state index is 12.2. The molecule has 2 fully saturated rings. The van der Waals surface area contributed by atoms with Crippen molar-refractivity contribution in [1.82, 2.24) is 30.8 Å². The van der Waals surface area contributed by atoms with Gasteiger partial charge in [-0.3, -0.25) is 9.59 Å². The van der Waals surface area contributed by atoms with Crippen molar-refractivity contribution in [3.63, 3.8) is 0 Å². The van der Waals surface area contributed by atoms with Gasteiger partial charge in [-0.1, -0.05) is 0 Å². The Bertz CT molecular complexity index is 597. The molecule has 3 rings (SSSR count). The summed E-state index contributed by atoms with van der Waals surface area (Å²) in [5.41, 5.74) is 0. The number of hydrogen-bond acceptors (Lipinski definition) is 6. The zero-order valence-corrected chi connectivity index (χ0v) is 15.6. The molecule has 1 saturated carbocycles. The van der Waals surface area contributed by atoms with Gasteiger partial charge in [0.25, 0.3) is 11.7 Å². The van der Waals surface area contributed by atoms with Crippen LogP contribution in [0.1, 0.15) is 55.6 Å². The molecule has 2 heterocycles. The maximum Gasteiger partial charge on any atom is 0.306 e. The van der Waals surface area contributed by atoms with Gasteiger partial charge in [0.1, 0.15) is 0 Å². The first-order chi connectivity index (χ1) is 12.1. The van der Waals surface area contributed by atoms with Crippen molar-refractivity contribution in [2.45, 2.75) is 57.5 Å². The average molecular weight is 387 g/mol. The van der Waals surface area contributed by atoms with Crippen molar-refractivity contribution in [3.05, 3.63) is 5.82 Å². The second-order valence-corrected chi connectivity index (χ2v) is 7.05. The molecule has 146 valence electrons. The lowest BCUT2D eigenvalue weighted by atomic mass is 9.86. The number of aromatic nitrogens is 4. The van der Waals surface area contributed by atoms with E-state index in [1.165, 1.54) is 17.6 Å². The van der Waals surface area contributed by atoms with E-state index in [1.54, 1.807) is 0 Å². The number of carbonyl (C=O) groups excluding carboxylic acids is 1. The lowest BCUT2D eigenvalue weighted by Gasteiger charge is -2.26. The van der Waals surface area contributed by atoms with Crippen LogP contribution in [-0.4, -0.2) is 56.3 Å². The minimum atomic E-state index is -0.747. The number of piperidine rings is 1. The van der Waals surface area contributed by atoms with E-state index in [2.05, 4.69) is 26.0 Å². The van der Waals surface area contributed by atoms with E-state index in [0.29, 0.717) is 38.1 Å². The van der Waals surface area contributed by atoms with E-state index in [1.807, 2.05) is 0 Å². The predicted octanol–water partition coefficient (Wildman–Crippen LogP) is 0.858. The van der Waals surface area contributed by atoms with Crippen LogP contribution in [0.2, 0.25) is 0 Å². The smallest absolute Gasteiger partial charge is 0.306 e. The maximum atomic E-state index is 12.2. The molecule has 0 spiro atoms. The Labute approximate surface area is 158 Å². The number of carbonyl (C=O) groups is 2. The molecule has 0 bridgehead atoms. The van der Waals surface area contributed by atoms with Crippen LogP contribution in [0.4, 0.5) is 0 Å². The number of carboxylic acids is 1. The van der Waals surface area contributed by atoms with Crippen LogP contribution in [0.15, 0.2) is 0 Å². The fraction of sp³-hybridized carbons (Fsp3) is 0.812. The van der Waals surface area contributed by atoms with Crippen LogP contribution in [0.3, 0.4) is 0 Å². The molecule has 1 aliphatic carbocycles. The second kappa shape index (κ2) is 9.82. The first-order valence-electron chi connectivity index (χ1n) is 9.14. The molecule has 0 atom stereocenters. The van der Waals surface area contributed by atoms with Gasteiger partial charge in [-0.15, -0.1) is 22.6 Å². The van der Waals surface area contributed by atoms with E-state index in [9.17, 15) is 9.59 Å². The van der Waals surface area contributed by atoms with Crippen molar-refractivity contribution in [2.24, 2.45) is 11.8 Å². The van der Waals surface area contributed by atoms with E-state index < -0.39 is 5.97 Å². The van der Waals surface area contributed by atoms with Crippen molar-refractivity contribution in [1.29, 1.82) is 0 Å². The first kappa shape index (κ1) is 20.6. The highest BCUT2D eigenvalue weighted by Crippen LogP contribution is 2.24. The molecule has 1 aromatic rings. The van der Waals surface area contributed by atoms with Gasteiger partial charge in [-0.2, -0.15) is 4.80 Å². The first-order valence-corrected chi connectivity index (χ1v) is 9.14. The van der Waals surface area contributed by atoms with Crippen LogP contribution < -0.4 is 10.6 Å². The van der Waals surface area contributed by atoms with Crippen molar-refractivity contribution in [3.8, 4) is 0 Å². The molecule has 0 aromatic carbocycles. The fourth-order valence-corrected chi connectivity index (χ4v) is 3.63. The molecule has 2 aliphatic rings. The highest BCUT2D eigenvalue weighted by atomic mass is 35.5. The summed E-state index contributed by atoms with van der Waals surface area (Å²) in [6.45, 7) is 2.80. The van der Waals surface area contributed by atoms with Crippen LogP contribution >= 0.6 is 12.4 Å². The van der Waals surface area contributed by atoms with Crippen LogP contribution in [0.5, 0.6) is 0 Å². The van der Waals surface area contributed by atoms with Crippen molar-refractivity contribution in [2.75, 3.05) is 13.1 Å². The number of nitrogens with one attached hydrogen (secondary N) is 2. The number of aryl methyl sites for hydroxylation is 1. The Morgan fingerprint density at radius 2 is 1.85 bits per heavy atom. The zero-order chi connectivity index (χ0) is 17.6. The zero-order valence-electron chi connectivity index (χ0n) is 14.8. The van der Waals surface area contributed by atoms with Gasteiger partial charge in [0.15, 0.2) is 0 Å². The summed E-state index contributed by atoms with van der Waals surface area (Å²) < 4.78 is 0. The van der Waals surface area contributed by atoms with E-state index >= 15 is 0 Å². The molecular weight excluding hydrogens is 360 g/mol. The normalized spacial score (nSPS) is 23.8. The van der Waals surface area contributed by atoms with Gasteiger partial charge >= 0.3 is 5.97 Å². The van der Waals surface area contributed by atoms with Gasteiger partial charge in [0, 0.05) is 6.04 Å². The Morgan fingerprint density at radius 3 is 2.50 bits per heavy atom. The monoisotopic (exact) mass is 386 g/mol. The van der Waals surface area contributed by atoms with Crippen LogP contribution in [0.25, 0.3) is 0 Å². The Hall–Kier alpha value is -1.74. The summed E-state index contributed by atoms with van der Waals surface area (Å²) in [6, 6.07) is -0.00945. The summed E-state index contributed by atoms with van der Waals surface area (Å²) in [7, 11) is 0. The molecule has 10 heteroatoms.